The van der Waals surface area contributed by atoms with E-state index in [9.17, 15) is 8.42 Å². The van der Waals surface area contributed by atoms with Crippen LogP contribution in [0, 0.1) is 0 Å². The highest BCUT2D eigenvalue weighted by atomic mass is 32.2. The summed E-state index contributed by atoms with van der Waals surface area (Å²) >= 11 is 0. The number of nitrogen functional groups attached to an aromatic ring is 1. The molecule has 108 valence electrons. The quantitative estimate of drug-likeness (QED) is 0.767. The summed E-state index contributed by atoms with van der Waals surface area (Å²) in [6.07, 6.45) is 6.05. The number of pyridine rings is 1. The van der Waals surface area contributed by atoms with Gasteiger partial charge in [-0.2, -0.15) is 0 Å². The van der Waals surface area contributed by atoms with E-state index in [-0.39, 0.29) is 10.9 Å². The molecule has 0 aromatic carbocycles. The second-order valence-corrected chi connectivity index (χ2v) is 6.38. The zero-order chi connectivity index (χ0) is 14.3. The number of rotatable bonds is 8. The second kappa shape index (κ2) is 7.45. The van der Waals surface area contributed by atoms with Gasteiger partial charge in [-0.25, -0.2) is 18.1 Å². The van der Waals surface area contributed by atoms with Crippen molar-refractivity contribution in [1.29, 1.82) is 0 Å². The SMILES string of the molecule is CCCCC(CCC)NS(=O)(=O)c1ccc(N)nc1. The molecule has 19 heavy (non-hydrogen) atoms. The molecule has 5 nitrogen and oxygen atoms in total. The number of unbranched alkanes of at least 4 members (excludes halogenated alkanes) is 1. The molecule has 3 N–H and O–H groups in total. The lowest BCUT2D eigenvalue weighted by Gasteiger charge is -2.17. The van der Waals surface area contributed by atoms with Crippen molar-refractivity contribution < 1.29 is 8.42 Å². The highest BCUT2D eigenvalue weighted by molar-refractivity contribution is 7.89. The zero-order valence-electron chi connectivity index (χ0n) is 11.6. The largest absolute Gasteiger partial charge is 0.384 e. The lowest BCUT2D eigenvalue weighted by Crippen LogP contribution is -2.34. The first-order valence-corrected chi connectivity index (χ1v) is 8.21. The molecule has 1 aromatic rings. The molecular formula is C13H23N3O2S. The molecule has 1 unspecified atom stereocenters. The predicted molar refractivity (Wildman–Crippen MR) is 77.2 cm³/mol. The minimum atomic E-state index is -3.50. The van der Waals surface area contributed by atoms with E-state index in [0.717, 1.165) is 32.1 Å². The molecular weight excluding hydrogens is 262 g/mol. The van der Waals surface area contributed by atoms with Crippen LogP contribution in [0.1, 0.15) is 46.0 Å². The van der Waals surface area contributed by atoms with Crippen LogP contribution in [0.5, 0.6) is 0 Å². The summed E-state index contributed by atoms with van der Waals surface area (Å²) in [5.41, 5.74) is 5.46. The summed E-state index contributed by atoms with van der Waals surface area (Å²) < 4.78 is 27.2. The van der Waals surface area contributed by atoms with Gasteiger partial charge in [0.25, 0.3) is 0 Å². The maximum atomic E-state index is 12.2. The van der Waals surface area contributed by atoms with Gasteiger partial charge < -0.3 is 5.73 Å². The summed E-state index contributed by atoms with van der Waals surface area (Å²) in [5, 5.41) is 0. The summed E-state index contributed by atoms with van der Waals surface area (Å²) in [7, 11) is -3.50. The number of sulfonamides is 1. The van der Waals surface area contributed by atoms with Crippen LogP contribution >= 0.6 is 0 Å². The highest BCUT2D eigenvalue weighted by Crippen LogP contribution is 2.13. The maximum Gasteiger partial charge on any atom is 0.242 e. The Morgan fingerprint density at radius 1 is 1.26 bits per heavy atom. The number of hydrogen-bond donors (Lipinski definition) is 2. The second-order valence-electron chi connectivity index (χ2n) is 4.67. The first-order chi connectivity index (χ1) is 8.99. The first kappa shape index (κ1) is 15.9. The number of aromatic nitrogens is 1. The van der Waals surface area contributed by atoms with Gasteiger partial charge in [0.05, 0.1) is 0 Å². The molecule has 0 bridgehead atoms. The molecule has 0 amide bonds. The van der Waals surface area contributed by atoms with Crippen molar-refractivity contribution in [2.24, 2.45) is 0 Å². The van der Waals surface area contributed by atoms with Gasteiger partial charge in [0, 0.05) is 12.2 Å². The Morgan fingerprint density at radius 3 is 2.53 bits per heavy atom. The molecule has 1 atom stereocenters. The molecule has 6 heteroatoms. The monoisotopic (exact) mass is 285 g/mol. The molecule has 1 rings (SSSR count). The smallest absolute Gasteiger partial charge is 0.242 e. The Morgan fingerprint density at radius 2 is 2.00 bits per heavy atom. The molecule has 1 heterocycles. The van der Waals surface area contributed by atoms with E-state index in [2.05, 4.69) is 23.6 Å². The van der Waals surface area contributed by atoms with Crippen molar-refractivity contribution in [3.63, 3.8) is 0 Å². The average molecular weight is 285 g/mol. The van der Waals surface area contributed by atoms with E-state index in [1.807, 2.05) is 0 Å². The molecule has 0 radical (unpaired) electrons. The fourth-order valence-electron chi connectivity index (χ4n) is 1.90. The van der Waals surface area contributed by atoms with Crippen LogP contribution in [-0.2, 0) is 10.0 Å². The number of nitrogens with zero attached hydrogens (tertiary/aromatic N) is 1. The van der Waals surface area contributed by atoms with Gasteiger partial charge in [0.1, 0.15) is 10.7 Å². The van der Waals surface area contributed by atoms with Crippen molar-refractivity contribution in [3.8, 4) is 0 Å². The Kier molecular flexibility index (Phi) is 6.24. The van der Waals surface area contributed by atoms with Crippen LogP contribution in [0.2, 0.25) is 0 Å². The van der Waals surface area contributed by atoms with Gasteiger partial charge in [0.2, 0.25) is 10.0 Å². The standard InChI is InChI=1S/C13H23N3O2S/c1-3-5-7-11(6-4-2)16-19(17,18)12-8-9-13(14)15-10-12/h8-11,16H,3-7H2,1-2H3,(H2,14,15). The van der Waals surface area contributed by atoms with E-state index in [4.69, 9.17) is 5.73 Å². The Hall–Kier alpha value is -1.14. The predicted octanol–water partition coefficient (Wildman–Crippen LogP) is 2.30. The van der Waals surface area contributed by atoms with E-state index < -0.39 is 10.0 Å². The maximum absolute atomic E-state index is 12.2. The fraction of sp³-hybridized carbons (Fsp3) is 0.615. The third kappa shape index (κ3) is 5.16. The van der Waals surface area contributed by atoms with Gasteiger partial charge in [-0.1, -0.05) is 33.1 Å². The number of nitrogens with one attached hydrogen (secondary N) is 1. The minimum Gasteiger partial charge on any atom is -0.384 e. The van der Waals surface area contributed by atoms with E-state index >= 15 is 0 Å². The highest BCUT2D eigenvalue weighted by Gasteiger charge is 2.19. The van der Waals surface area contributed by atoms with Crippen LogP contribution in [0.3, 0.4) is 0 Å². The molecule has 0 fully saturated rings. The molecule has 0 aliphatic heterocycles. The van der Waals surface area contributed by atoms with E-state index in [0.29, 0.717) is 5.82 Å². The van der Waals surface area contributed by atoms with Gasteiger partial charge >= 0.3 is 0 Å². The molecule has 0 aliphatic rings. The Bertz CT molecular complexity index is 471. The number of nitrogens with two attached hydrogens (primary N) is 1. The Labute approximate surface area is 115 Å². The van der Waals surface area contributed by atoms with Gasteiger partial charge in [-0.15, -0.1) is 0 Å². The molecule has 0 aliphatic carbocycles. The lowest BCUT2D eigenvalue weighted by molar-refractivity contribution is 0.483. The van der Waals surface area contributed by atoms with Crippen LogP contribution in [0.4, 0.5) is 5.82 Å². The van der Waals surface area contributed by atoms with E-state index in [1.54, 1.807) is 0 Å². The van der Waals surface area contributed by atoms with Crippen LogP contribution in [0.15, 0.2) is 23.2 Å². The summed E-state index contributed by atoms with van der Waals surface area (Å²) in [5.74, 6) is 0.315. The number of anilines is 1. The van der Waals surface area contributed by atoms with Crippen molar-refractivity contribution in [2.75, 3.05) is 5.73 Å². The molecule has 1 aromatic heterocycles. The third-order valence-electron chi connectivity index (χ3n) is 2.93. The van der Waals surface area contributed by atoms with Crippen molar-refractivity contribution in [3.05, 3.63) is 18.3 Å². The van der Waals surface area contributed by atoms with Gasteiger partial charge in [-0.3, -0.25) is 0 Å². The van der Waals surface area contributed by atoms with Crippen LogP contribution in [-0.4, -0.2) is 19.4 Å². The molecule has 0 spiro atoms. The summed E-state index contributed by atoms with van der Waals surface area (Å²) in [6.45, 7) is 4.15. The first-order valence-electron chi connectivity index (χ1n) is 6.73. The topological polar surface area (TPSA) is 85.1 Å². The van der Waals surface area contributed by atoms with E-state index in [1.165, 1.54) is 18.3 Å². The summed E-state index contributed by atoms with van der Waals surface area (Å²) in [4.78, 5) is 3.99. The van der Waals surface area contributed by atoms with Gasteiger partial charge in [-0.05, 0) is 25.0 Å². The Balaban J connectivity index is 2.78. The average Bonchev–Trinajstić information content (AvgIpc) is 2.36. The zero-order valence-corrected chi connectivity index (χ0v) is 12.4. The number of hydrogen-bond acceptors (Lipinski definition) is 4. The third-order valence-corrected chi connectivity index (χ3v) is 4.44. The van der Waals surface area contributed by atoms with Crippen molar-refractivity contribution in [1.82, 2.24) is 9.71 Å². The van der Waals surface area contributed by atoms with Crippen LogP contribution < -0.4 is 10.5 Å². The normalized spacial score (nSPS) is 13.4. The molecule has 0 saturated carbocycles. The van der Waals surface area contributed by atoms with Crippen LogP contribution in [0.25, 0.3) is 0 Å². The summed E-state index contributed by atoms with van der Waals surface area (Å²) in [6, 6.07) is 2.97. The lowest BCUT2D eigenvalue weighted by atomic mass is 10.1. The molecule has 0 saturated heterocycles. The minimum absolute atomic E-state index is 0.00694. The van der Waals surface area contributed by atoms with Crippen molar-refractivity contribution in [2.45, 2.75) is 56.9 Å². The van der Waals surface area contributed by atoms with Gasteiger partial charge in [0.15, 0.2) is 0 Å². The fourth-order valence-corrected chi connectivity index (χ4v) is 3.15. The van der Waals surface area contributed by atoms with Crippen molar-refractivity contribution >= 4 is 15.8 Å².